The average molecular weight is 194 g/mol. The van der Waals surface area contributed by atoms with E-state index in [0.29, 0.717) is 19.4 Å². The molecule has 1 aliphatic rings. The Bertz CT molecular complexity index is 126. The zero-order valence-electron chi connectivity index (χ0n) is 8.78. The summed E-state index contributed by atoms with van der Waals surface area (Å²) in [7, 11) is 0. The van der Waals surface area contributed by atoms with E-state index in [2.05, 4.69) is 18.6 Å². The molecule has 1 heterocycles. The summed E-state index contributed by atoms with van der Waals surface area (Å²) in [6.45, 7) is 6.16. The molecule has 1 aliphatic heterocycles. The topological polar surface area (TPSA) is 9.23 Å². The van der Waals surface area contributed by atoms with Gasteiger partial charge in [-0.2, -0.15) is 0 Å². The van der Waals surface area contributed by atoms with Gasteiger partial charge in [0.25, 0.3) is 5.92 Å². The molecule has 0 amide bonds. The SMILES string of the molecule is CCC.CCC1CCOCC1(F)F. The minimum absolute atomic E-state index is 0.383. The van der Waals surface area contributed by atoms with Gasteiger partial charge in [-0.1, -0.05) is 27.2 Å². The van der Waals surface area contributed by atoms with Crippen molar-refractivity contribution in [2.24, 2.45) is 5.92 Å². The Labute approximate surface area is 79.5 Å². The second-order valence-electron chi connectivity index (χ2n) is 3.41. The Kier molecular flexibility index (Phi) is 6.21. The summed E-state index contributed by atoms with van der Waals surface area (Å²) in [5, 5.41) is 0. The van der Waals surface area contributed by atoms with Crippen LogP contribution in [0.5, 0.6) is 0 Å². The van der Waals surface area contributed by atoms with E-state index in [0.717, 1.165) is 0 Å². The third-order valence-electron chi connectivity index (χ3n) is 2.00. The Hall–Kier alpha value is -0.180. The van der Waals surface area contributed by atoms with Gasteiger partial charge >= 0.3 is 0 Å². The van der Waals surface area contributed by atoms with Gasteiger partial charge < -0.3 is 4.74 Å². The van der Waals surface area contributed by atoms with E-state index in [4.69, 9.17) is 0 Å². The van der Waals surface area contributed by atoms with Crippen molar-refractivity contribution >= 4 is 0 Å². The van der Waals surface area contributed by atoms with Crippen molar-refractivity contribution in [3.8, 4) is 0 Å². The van der Waals surface area contributed by atoms with Crippen LogP contribution in [0, 0.1) is 5.92 Å². The molecule has 1 rings (SSSR count). The fourth-order valence-corrected chi connectivity index (χ4v) is 1.27. The third-order valence-corrected chi connectivity index (χ3v) is 2.00. The van der Waals surface area contributed by atoms with Gasteiger partial charge in [-0.15, -0.1) is 0 Å². The monoisotopic (exact) mass is 194 g/mol. The highest BCUT2D eigenvalue weighted by molar-refractivity contribution is 4.78. The van der Waals surface area contributed by atoms with Crippen molar-refractivity contribution in [1.29, 1.82) is 0 Å². The molecule has 1 unspecified atom stereocenters. The lowest BCUT2D eigenvalue weighted by Crippen LogP contribution is -2.38. The highest BCUT2D eigenvalue weighted by Crippen LogP contribution is 2.33. The van der Waals surface area contributed by atoms with Gasteiger partial charge in [-0.25, -0.2) is 8.78 Å². The molecule has 0 aromatic carbocycles. The smallest absolute Gasteiger partial charge is 0.273 e. The molecule has 1 nitrogen and oxygen atoms in total. The molecule has 80 valence electrons. The number of alkyl halides is 2. The number of hydrogen-bond acceptors (Lipinski definition) is 1. The summed E-state index contributed by atoms with van der Waals surface area (Å²) < 4.78 is 30.2. The van der Waals surface area contributed by atoms with E-state index < -0.39 is 11.8 Å². The maximum absolute atomic E-state index is 12.7. The molecule has 3 heteroatoms. The van der Waals surface area contributed by atoms with Crippen LogP contribution in [-0.4, -0.2) is 19.1 Å². The first-order valence-corrected chi connectivity index (χ1v) is 5.04. The summed E-state index contributed by atoms with van der Waals surface area (Å²) >= 11 is 0. The Balaban J connectivity index is 0.000000424. The van der Waals surface area contributed by atoms with Crippen molar-refractivity contribution in [3.63, 3.8) is 0 Å². The van der Waals surface area contributed by atoms with Crippen molar-refractivity contribution < 1.29 is 13.5 Å². The molecule has 0 N–H and O–H groups in total. The molecule has 13 heavy (non-hydrogen) atoms. The Morgan fingerprint density at radius 3 is 2.15 bits per heavy atom. The van der Waals surface area contributed by atoms with Gasteiger partial charge in [-0.3, -0.25) is 0 Å². The second kappa shape index (κ2) is 6.30. The van der Waals surface area contributed by atoms with Gasteiger partial charge in [0.2, 0.25) is 0 Å². The summed E-state index contributed by atoms with van der Waals surface area (Å²) in [4.78, 5) is 0. The van der Waals surface area contributed by atoms with Crippen molar-refractivity contribution in [2.75, 3.05) is 13.2 Å². The maximum atomic E-state index is 12.7. The lowest BCUT2D eigenvalue weighted by atomic mass is 9.94. The molecule has 1 atom stereocenters. The predicted octanol–water partition coefficient (Wildman–Crippen LogP) is 3.48. The molecule has 0 bridgehead atoms. The summed E-state index contributed by atoms with van der Waals surface area (Å²) in [6.07, 6.45) is 2.31. The first-order valence-electron chi connectivity index (χ1n) is 5.04. The van der Waals surface area contributed by atoms with Crippen molar-refractivity contribution in [2.45, 2.75) is 46.0 Å². The van der Waals surface area contributed by atoms with Crippen LogP contribution in [0.1, 0.15) is 40.0 Å². The summed E-state index contributed by atoms with van der Waals surface area (Å²) in [5.41, 5.74) is 0. The maximum Gasteiger partial charge on any atom is 0.273 e. The Morgan fingerprint density at radius 1 is 1.31 bits per heavy atom. The zero-order chi connectivity index (χ0) is 10.3. The third kappa shape index (κ3) is 4.55. The first kappa shape index (κ1) is 12.8. The van der Waals surface area contributed by atoms with Crippen LogP contribution < -0.4 is 0 Å². The quantitative estimate of drug-likeness (QED) is 0.621. The number of hydrogen-bond donors (Lipinski definition) is 0. The van der Waals surface area contributed by atoms with Crippen LogP contribution >= 0.6 is 0 Å². The normalized spacial score (nSPS) is 26.1. The van der Waals surface area contributed by atoms with E-state index in [9.17, 15) is 8.78 Å². The summed E-state index contributed by atoms with van der Waals surface area (Å²) in [5.74, 6) is -3.03. The molecule has 0 spiro atoms. The van der Waals surface area contributed by atoms with Crippen LogP contribution in [0.4, 0.5) is 8.78 Å². The van der Waals surface area contributed by atoms with E-state index in [1.807, 2.05) is 0 Å². The molecular formula is C10H20F2O. The molecule has 0 aromatic heterocycles. The van der Waals surface area contributed by atoms with E-state index in [-0.39, 0.29) is 6.61 Å². The lowest BCUT2D eigenvalue weighted by molar-refractivity contribution is -0.154. The molecule has 0 radical (unpaired) electrons. The van der Waals surface area contributed by atoms with Crippen LogP contribution in [0.3, 0.4) is 0 Å². The van der Waals surface area contributed by atoms with Crippen LogP contribution in [0.25, 0.3) is 0 Å². The molecular weight excluding hydrogens is 174 g/mol. The zero-order valence-corrected chi connectivity index (χ0v) is 8.78. The van der Waals surface area contributed by atoms with Gasteiger partial charge in [-0.05, 0) is 12.8 Å². The second-order valence-corrected chi connectivity index (χ2v) is 3.41. The van der Waals surface area contributed by atoms with E-state index in [1.165, 1.54) is 6.42 Å². The molecule has 1 fully saturated rings. The van der Waals surface area contributed by atoms with Crippen molar-refractivity contribution in [1.82, 2.24) is 0 Å². The fourth-order valence-electron chi connectivity index (χ4n) is 1.27. The van der Waals surface area contributed by atoms with Crippen LogP contribution in [0.2, 0.25) is 0 Å². The van der Waals surface area contributed by atoms with Crippen LogP contribution in [0.15, 0.2) is 0 Å². The Morgan fingerprint density at radius 2 is 1.85 bits per heavy atom. The lowest BCUT2D eigenvalue weighted by Gasteiger charge is -2.30. The number of rotatable bonds is 1. The highest BCUT2D eigenvalue weighted by atomic mass is 19.3. The van der Waals surface area contributed by atoms with Gasteiger partial charge in [0.15, 0.2) is 0 Å². The standard InChI is InChI=1S/C7H12F2O.C3H8/c1-2-6-3-4-10-5-7(6,8)9;1-3-2/h6H,2-5H2,1H3;3H2,1-2H3. The van der Waals surface area contributed by atoms with E-state index in [1.54, 1.807) is 6.92 Å². The van der Waals surface area contributed by atoms with Crippen LogP contribution in [-0.2, 0) is 4.74 Å². The van der Waals surface area contributed by atoms with Crippen molar-refractivity contribution in [3.05, 3.63) is 0 Å². The van der Waals surface area contributed by atoms with Gasteiger partial charge in [0, 0.05) is 12.5 Å². The number of ether oxygens (including phenoxy) is 1. The summed E-state index contributed by atoms with van der Waals surface area (Å²) in [6, 6.07) is 0. The average Bonchev–Trinajstić information content (AvgIpc) is 2.05. The first-order chi connectivity index (χ1) is 6.08. The largest absolute Gasteiger partial charge is 0.375 e. The molecule has 0 aliphatic carbocycles. The van der Waals surface area contributed by atoms with Gasteiger partial charge in [0.05, 0.1) is 0 Å². The molecule has 1 saturated heterocycles. The van der Waals surface area contributed by atoms with E-state index >= 15 is 0 Å². The fraction of sp³-hybridized carbons (Fsp3) is 1.00. The molecule has 0 aromatic rings. The predicted molar refractivity (Wildman–Crippen MR) is 50.1 cm³/mol. The minimum atomic E-state index is -2.58. The minimum Gasteiger partial charge on any atom is -0.375 e. The highest BCUT2D eigenvalue weighted by Gasteiger charge is 2.40. The number of halogens is 2. The van der Waals surface area contributed by atoms with Gasteiger partial charge in [0.1, 0.15) is 6.61 Å². The molecule has 0 saturated carbocycles.